The predicted molar refractivity (Wildman–Crippen MR) is 103 cm³/mol. The highest BCUT2D eigenvalue weighted by atomic mass is 35.5. The molecule has 0 unspecified atom stereocenters. The van der Waals surface area contributed by atoms with Crippen molar-refractivity contribution in [2.75, 3.05) is 37.8 Å². The number of amides is 1. The van der Waals surface area contributed by atoms with Gasteiger partial charge in [0.25, 0.3) is 5.91 Å². The van der Waals surface area contributed by atoms with Gasteiger partial charge in [-0.2, -0.15) is 0 Å². The van der Waals surface area contributed by atoms with Crippen LogP contribution in [-0.2, 0) is 4.74 Å². The number of ether oxygens (including phenoxy) is 1. The summed E-state index contributed by atoms with van der Waals surface area (Å²) >= 11 is 7.21. The molecule has 0 aliphatic carbocycles. The summed E-state index contributed by atoms with van der Waals surface area (Å²) in [6.07, 6.45) is 0. The highest BCUT2D eigenvalue weighted by Crippen LogP contribution is 2.39. The number of nitrogens with two attached hydrogens (primary N) is 2. The maximum atomic E-state index is 12.9. The summed E-state index contributed by atoms with van der Waals surface area (Å²) in [4.78, 5) is 24.3. The summed E-state index contributed by atoms with van der Waals surface area (Å²) in [5, 5.41) is 1.26. The number of benzene rings is 1. The maximum absolute atomic E-state index is 12.9. The number of morpholine rings is 1. The number of thiophene rings is 1. The lowest BCUT2D eigenvalue weighted by atomic mass is 10.1. The Bertz CT molecular complexity index is 983. The number of nitrogen functional groups attached to an aromatic ring is 2. The topological polar surface area (TPSA) is 107 Å². The van der Waals surface area contributed by atoms with Crippen LogP contribution in [0.3, 0.4) is 0 Å². The molecule has 134 valence electrons. The molecule has 0 atom stereocenters. The van der Waals surface area contributed by atoms with Crippen molar-refractivity contribution in [1.82, 2.24) is 14.9 Å². The van der Waals surface area contributed by atoms with E-state index in [9.17, 15) is 4.79 Å². The van der Waals surface area contributed by atoms with E-state index in [4.69, 9.17) is 27.8 Å². The molecule has 0 spiro atoms. The number of hydrogen-bond acceptors (Lipinski definition) is 7. The van der Waals surface area contributed by atoms with Crippen molar-refractivity contribution in [3.05, 3.63) is 34.2 Å². The van der Waals surface area contributed by atoms with E-state index in [1.807, 2.05) is 12.1 Å². The van der Waals surface area contributed by atoms with Crippen LogP contribution in [-0.4, -0.2) is 47.1 Å². The number of anilines is 2. The van der Waals surface area contributed by atoms with E-state index in [0.717, 1.165) is 5.56 Å². The van der Waals surface area contributed by atoms with Crippen molar-refractivity contribution in [2.45, 2.75) is 0 Å². The molecule has 1 aromatic carbocycles. The van der Waals surface area contributed by atoms with Crippen LogP contribution in [0.5, 0.6) is 0 Å². The third kappa shape index (κ3) is 2.96. The smallest absolute Gasteiger partial charge is 0.266 e. The summed E-state index contributed by atoms with van der Waals surface area (Å²) in [6.45, 7) is 2.15. The second kappa shape index (κ2) is 6.71. The number of aromatic nitrogens is 2. The Balaban J connectivity index is 1.85. The van der Waals surface area contributed by atoms with Gasteiger partial charge in [0, 0.05) is 23.7 Å². The molecule has 7 nitrogen and oxygen atoms in total. The molecule has 1 fully saturated rings. The molecule has 1 amide bonds. The monoisotopic (exact) mass is 389 g/mol. The zero-order valence-electron chi connectivity index (χ0n) is 13.7. The van der Waals surface area contributed by atoms with Crippen LogP contribution in [0, 0.1) is 0 Å². The van der Waals surface area contributed by atoms with Gasteiger partial charge in [-0.3, -0.25) is 4.79 Å². The lowest BCUT2D eigenvalue weighted by molar-refractivity contribution is 0.0307. The fourth-order valence-corrected chi connectivity index (χ4v) is 4.12. The van der Waals surface area contributed by atoms with Gasteiger partial charge < -0.3 is 21.1 Å². The Hall–Kier alpha value is -2.42. The van der Waals surface area contributed by atoms with Crippen LogP contribution in [0.15, 0.2) is 24.3 Å². The van der Waals surface area contributed by atoms with Gasteiger partial charge in [0.1, 0.15) is 9.71 Å². The standard InChI is InChI=1S/C17H16ClN5O2S/c18-10-3-1-9(2-4-10)13-11-12(19)14(26-15(11)22-17(20)21-13)16(24)23-5-7-25-8-6-23/h1-4H,5-8,19H2,(H2,20,21,22). The van der Waals surface area contributed by atoms with Crippen molar-refractivity contribution in [3.8, 4) is 11.3 Å². The van der Waals surface area contributed by atoms with Crippen molar-refractivity contribution in [2.24, 2.45) is 0 Å². The van der Waals surface area contributed by atoms with E-state index in [-0.39, 0.29) is 11.9 Å². The van der Waals surface area contributed by atoms with Crippen LogP contribution in [0.1, 0.15) is 9.67 Å². The van der Waals surface area contributed by atoms with Crippen LogP contribution in [0.25, 0.3) is 21.5 Å². The minimum Gasteiger partial charge on any atom is -0.397 e. The average molecular weight is 390 g/mol. The SMILES string of the molecule is Nc1nc(-c2ccc(Cl)cc2)c2c(N)c(C(=O)N3CCOCC3)sc2n1. The Kier molecular flexibility index (Phi) is 4.39. The van der Waals surface area contributed by atoms with Gasteiger partial charge >= 0.3 is 0 Å². The van der Waals surface area contributed by atoms with E-state index in [1.165, 1.54) is 11.3 Å². The molecular weight excluding hydrogens is 374 g/mol. The fraction of sp³-hybridized carbons (Fsp3) is 0.235. The number of rotatable bonds is 2. The molecule has 0 radical (unpaired) electrons. The first-order valence-electron chi connectivity index (χ1n) is 8.03. The van der Waals surface area contributed by atoms with Crippen LogP contribution < -0.4 is 11.5 Å². The first-order chi connectivity index (χ1) is 12.5. The lowest BCUT2D eigenvalue weighted by Crippen LogP contribution is -2.40. The molecular formula is C17H16ClN5O2S. The number of carbonyl (C=O) groups excluding carboxylic acids is 1. The number of nitrogens with zero attached hydrogens (tertiary/aromatic N) is 3. The number of carbonyl (C=O) groups is 1. The van der Waals surface area contributed by atoms with Gasteiger partial charge in [0.2, 0.25) is 5.95 Å². The van der Waals surface area contributed by atoms with Gasteiger partial charge in [-0.05, 0) is 12.1 Å². The molecule has 2 aromatic heterocycles. The van der Waals surface area contributed by atoms with Crippen molar-refractivity contribution in [3.63, 3.8) is 0 Å². The summed E-state index contributed by atoms with van der Waals surface area (Å²) in [5.41, 5.74) is 14.0. The largest absolute Gasteiger partial charge is 0.397 e. The normalized spacial score (nSPS) is 14.7. The Labute approximate surface area is 158 Å². The number of halogens is 1. The predicted octanol–water partition coefficient (Wildman–Crippen LogP) is 2.65. The van der Waals surface area contributed by atoms with Crippen LogP contribution in [0.2, 0.25) is 5.02 Å². The zero-order valence-corrected chi connectivity index (χ0v) is 15.3. The molecule has 0 saturated carbocycles. The lowest BCUT2D eigenvalue weighted by Gasteiger charge is -2.26. The van der Waals surface area contributed by atoms with E-state index in [2.05, 4.69) is 9.97 Å². The highest BCUT2D eigenvalue weighted by Gasteiger charge is 2.26. The second-order valence-electron chi connectivity index (χ2n) is 5.87. The minimum absolute atomic E-state index is 0.116. The van der Waals surface area contributed by atoms with E-state index >= 15 is 0 Å². The van der Waals surface area contributed by atoms with E-state index < -0.39 is 0 Å². The van der Waals surface area contributed by atoms with E-state index in [1.54, 1.807) is 17.0 Å². The summed E-state index contributed by atoms with van der Waals surface area (Å²) in [5.74, 6) is 0.0171. The molecule has 4 rings (SSSR count). The second-order valence-corrected chi connectivity index (χ2v) is 7.30. The zero-order chi connectivity index (χ0) is 18.3. The van der Waals surface area contributed by atoms with Crippen molar-refractivity contribution in [1.29, 1.82) is 0 Å². The minimum atomic E-state index is -0.116. The Morgan fingerprint density at radius 1 is 1.15 bits per heavy atom. The van der Waals surface area contributed by atoms with Crippen molar-refractivity contribution >= 4 is 50.7 Å². The molecule has 9 heteroatoms. The maximum Gasteiger partial charge on any atom is 0.266 e. The van der Waals surface area contributed by atoms with Gasteiger partial charge in [0.05, 0.1) is 30.0 Å². The van der Waals surface area contributed by atoms with Crippen LogP contribution in [0.4, 0.5) is 11.6 Å². The van der Waals surface area contributed by atoms with Crippen LogP contribution >= 0.6 is 22.9 Å². The molecule has 1 saturated heterocycles. The van der Waals surface area contributed by atoms with Gasteiger partial charge in [-0.15, -0.1) is 11.3 Å². The van der Waals surface area contributed by atoms with E-state index in [0.29, 0.717) is 57.8 Å². The number of fused-ring (bicyclic) bond motifs is 1. The van der Waals surface area contributed by atoms with Gasteiger partial charge in [-0.25, -0.2) is 9.97 Å². The highest BCUT2D eigenvalue weighted by molar-refractivity contribution is 7.21. The molecule has 3 heterocycles. The average Bonchev–Trinajstić information content (AvgIpc) is 2.98. The third-order valence-corrected chi connectivity index (χ3v) is 5.56. The summed E-state index contributed by atoms with van der Waals surface area (Å²) in [6, 6.07) is 7.21. The molecule has 26 heavy (non-hydrogen) atoms. The molecule has 3 aromatic rings. The first kappa shape index (κ1) is 17.0. The van der Waals surface area contributed by atoms with Gasteiger partial charge in [0.15, 0.2) is 0 Å². The molecule has 0 bridgehead atoms. The quantitative estimate of drug-likeness (QED) is 0.697. The third-order valence-electron chi connectivity index (χ3n) is 4.22. The summed E-state index contributed by atoms with van der Waals surface area (Å²) < 4.78 is 5.31. The summed E-state index contributed by atoms with van der Waals surface area (Å²) in [7, 11) is 0. The number of hydrogen-bond donors (Lipinski definition) is 2. The first-order valence-corrected chi connectivity index (χ1v) is 9.22. The van der Waals surface area contributed by atoms with Crippen molar-refractivity contribution < 1.29 is 9.53 Å². The molecule has 1 aliphatic rings. The fourth-order valence-electron chi connectivity index (χ4n) is 2.92. The molecule has 1 aliphatic heterocycles. The van der Waals surface area contributed by atoms with Gasteiger partial charge in [-0.1, -0.05) is 23.7 Å². The molecule has 4 N–H and O–H groups in total. The Morgan fingerprint density at radius 3 is 2.54 bits per heavy atom. The Morgan fingerprint density at radius 2 is 1.85 bits per heavy atom.